The number of carboxylic acid groups (broad SMARTS) is 1. The Kier molecular flexibility index (Phi) is 2.65. The first-order chi connectivity index (χ1) is 7.88. The molecule has 0 aliphatic rings. The Balaban J connectivity index is 2.55. The van der Waals surface area contributed by atoms with Crippen molar-refractivity contribution < 1.29 is 9.90 Å². The van der Waals surface area contributed by atoms with E-state index in [1.165, 1.54) is 0 Å². The third-order valence-electron chi connectivity index (χ3n) is 2.53. The number of para-hydroxylation sites is 1. The molecular formula is C13H16N2O2. The van der Waals surface area contributed by atoms with Crippen LogP contribution in [-0.4, -0.2) is 20.6 Å². The van der Waals surface area contributed by atoms with Crippen LogP contribution in [0.4, 0.5) is 0 Å². The third-order valence-corrected chi connectivity index (χ3v) is 2.53. The van der Waals surface area contributed by atoms with E-state index in [1.54, 1.807) is 18.5 Å². The maximum absolute atomic E-state index is 11.1. The second-order valence-electron chi connectivity index (χ2n) is 5.41. The lowest BCUT2D eigenvalue weighted by atomic mass is 9.97. The van der Waals surface area contributed by atoms with Crippen LogP contribution in [-0.2, 0) is 6.54 Å². The van der Waals surface area contributed by atoms with Crippen molar-refractivity contribution in [3.63, 3.8) is 0 Å². The molecule has 0 fully saturated rings. The fourth-order valence-corrected chi connectivity index (χ4v) is 1.90. The van der Waals surface area contributed by atoms with Gasteiger partial charge in [-0.2, -0.15) is 0 Å². The van der Waals surface area contributed by atoms with Gasteiger partial charge in [-0.15, -0.1) is 0 Å². The van der Waals surface area contributed by atoms with Crippen molar-refractivity contribution in [1.82, 2.24) is 9.55 Å². The number of hydrogen-bond donors (Lipinski definition) is 1. The Hall–Kier alpha value is -1.84. The van der Waals surface area contributed by atoms with Crippen molar-refractivity contribution in [2.75, 3.05) is 0 Å². The van der Waals surface area contributed by atoms with Gasteiger partial charge in [0.05, 0.1) is 17.4 Å². The highest BCUT2D eigenvalue weighted by Crippen LogP contribution is 2.22. The molecule has 0 radical (unpaired) electrons. The van der Waals surface area contributed by atoms with Gasteiger partial charge in [-0.25, -0.2) is 9.78 Å². The number of carboxylic acids is 1. The zero-order valence-electron chi connectivity index (χ0n) is 10.3. The van der Waals surface area contributed by atoms with Crippen LogP contribution in [0.5, 0.6) is 0 Å². The summed E-state index contributed by atoms with van der Waals surface area (Å²) in [5, 5.41) is 9.08. The fourth-order valence-electron chi connectivity index (χ4n) is 1.90. The van der Waals surface area contributed by atoms with Gasteiger partial charge in [-0.1, -0.05) is 26.8 Å². The highest BCUT2D eigenvalue weighted by molar-refractivity contribution is 6.00. The van der Waals surface area contributed by atoms with E-state index in [1.807, 2.05) is 10.6 Å². The predicted molar refractivity (Wildman–Crippen MR) is 66.1 cm³/mol. The molecule has 0 saturated carbocycles. The summed E-state index contributed by atoms with van der Waals surface area (Å²) >= 11 is 0. The number of rotatable bonds is 2. The molecule has 0 atom stereocenters. The van der Waals surface area contributed by atoms with Gasteiger partial charge in [0.2, 0.25) is 0 Å². The maximum atomic E-state index is 11.1. The number of nitrogens with zero attached hydrogens (tertiary/aromatic N) is 2. The highest BCUT2D eigenvalue weighted by atomic mass is 16.4. The molecule has 2 aromatic rings. The quantitative estimate of drug-likeness (QED) is 0.866. The van der Waals surface area contributed by atoms with Crippen LogP contribution in [0.3, 0.4) is 0 Å². The average molecular weight is 232 g/mol. The summed E-state index contributed by atoms with van der Waals surface area (Å²) in [7, 11) is 0. The topological polar surface area (TPSA) is 55.1 Å². The molecule has 0 bridgehead atoms. The number of aromatic nitrogens is 2. The Bertz CT molecular complexity index is 564. The van der Waals surface area contributed by atoms with Gasteiger partial charge < -0.3 is 9.67 Å². The Morgan fingerprint density at radius 1 is 1.41 bits per heavy atom. The molecule has 2 rings (SSSR count). The molecule has 4 nitrogen and oxygen atoms in total. The minimum atomic E-state index is -0.934. The van der Waals surface area contributed by atoms with Crippen molar-refractivity contribution in [1.29, 1.82) is 0 Å². The van der Waals surface area contributed by atoms with E-state index in [0.29, 0.717) is 5.52 Å². The molecule has 1 N–H and O–H groups in total. The summed E-state index contributed by atoms with van der Waals surface area (Å²) in [5.41, 5.74) is 1.83. The molecule has 0 saturated heterocycles. The number of fused-ring (bicyclic) bond motifs is 1. The minimum absolute atomic E-state index is 0.132. The van der Waals surface area contributed by atoms with Crippen LogP contribution in [0.25, 0.3) is 11.0 Å². The van der Waals surface area contributed by atoms with Gasteiger partial charge in [0, 0.05) is 6.54 Å². The number of aromatic carboxylic acids is 1. The molecule has 0 amide bonds. The largest absolute Gasteiger partial charge is 0.478 e. The van der Waals surface area contributed by atoms with E-state index in [0.717, 1.165) is 12.1 Å². The van der Waals surface area contributed by atoms with Crippen molar-refractivity contribution in [2.24, 2.45) is 5.41 Å². The van der Waals surface area contributed by atoms with Crippen LogP contribution in [0.2, 0.25) is 0 Å². The van der Waals surface area contributed by atoms with E-state index in [2.05, 4.69) is 25.8 Å². The summed E-state index contributed by atoms with van der Waals surface area (Å²) in [5.74, 6) is -0.934. The molecule has 1 aromatic heterocycles. The second-order valence-corrected chi connectivity index (χ2v) is 5.41. The number of benzene rings is 1. The molecular weight excluding hydrogens is 216 g/mol. The standard InChI is InChI=1S/C13H16N2O2/c1-13(2,3)7-15-8-14-11-9(12(16)17)5-4-6-10(11)15/h4-6,8H,7H2,1-3H3,(H,16,17). The molecule has 0 aliphatic heterocycles. The first-order valence-electron chi connectivity index (χ1n) is 5.56. The van der Waals surface area contributed by atoms with Gasteiger partial charge in [-0.3, -0.25) is 0 Å². The number of imidazole rings is 1. The lowest BCUT2D eigenvalue weighted by Crippen LogP contribution is -2.14. The van der Waals surface area contributed by atoms with Crippen molar-refractivity contribution in [3.05, 3.63) is 30.1 Å². The van der Waals surface area contributed by atoms with Gasteiger partial charge in [0.15, 0.2) is 0 Å². The molecule has 90 valence electrons. The van der Waals surface area contributed by atoms with Crippen LogP contribution in [0.15, 0.2) is 24.5 Å². The molecule has 0 aliphatic carbocycles. The zero-order chi connectivity index (χ0) is 12.6. The Morgan fingerprint density at radius 2 is 2.12 bits per heavy atom. The molecule has 1 aromatic carbocycles. The normalized spacial score (nSPS) is 11.9. The summed E-state index contributed by atoms with van der Waals surface area (Å²) in [4.78, 5) is 15.3. The van der Waals surface area contributed by atoms with Crippen molar-refractivity contribution in [2.45, 2.75) is 27.3 Å². The summed E-state index contributed by atoms with van der Waals surface area (Å²) in [6.45, 7) is 7.23. The number of carbonyl (C=O) groups is 1. The summed E-state index contributed by atoms with van der Waals surface area (Å²) in [6, 6.07) is 5.24. The first-order valence-corrected chi connectivity index (χ1v) is 5.56. The Labute approximate surface area is 99.9 Å². The van der Waals surface area contributed by atoms with E-state index < -0.39 is 5.97 Å². The van der Waals surface area contributed by atoms with Gasteiger partial charge in [0.1, 0.15) is 5.52 Å². The van der Waals surface area contributed by atoms with Crippen molar-refractivity contribution >= 4 is 17.0 Å². The first kappa shape index (κ1) is 11.6. The highest BCUT2D eigenvalue weighted by Gasteiger charge is 2.16. The third kappa shape index (κ3) is 2.30. The van der Waals surface area contributed by atoms with Crippen molar-refractivity contribution in [3.8, 4) is 0 Å². The van der Waals surface area contributed by atoms with Gasteiger partial charge in [-0.05, 0) is 17.5 Å². The summed E-state index contributed by atoms with van der Waals surface area (Å²) in [6.07, 6.45) is 1.71. The predicted octanol–water partition coefficient (Wildman–Crippen LogP) is 2.78. The van der Waals surface area contributed by atoms with Crippen LogP contribution < -0.4 is 0 Å². The van der Waals surface area contributed by atoms with Crippen LogP contribution >= 0.6 is 0 Å². The molecule has 17 heavy (non-hydrogen) atoms. The smallest absolute Gasteiger partial charge is 0.337 e. The van der Waals surface area contributed by atoms with Gasteiger partial charge >= 0.3 is 5.97 Å². The molecule has 0 spiro atoms. The van der Waals surface area contributed by atoms with E-state index in [-0.39, 0.29) is 11.0 Å². The monoisotopic (exact) mass is 232 g/mol. The zero-order valence-corrected chi connectivity index (χ0v) is 10.3. The fraction of sp³-hybridized carbons (Fsp3) is 0.385. The SMILES string of the molecule is CC(C)(C)Cn1cnc2c(C(=O)O)cccc21. The summed E-state index contributed by atoms with van der Waals surface area (Å²) < 4.78 is 2.00. The maximum Gasteiger partial charge on any atom is 0.337 e. The molecule has 1 heterocycles. The molecule has 4 heteroatoms. The van der Waals surface area contributed by atoms with E-state index in [4.69, 9.17) is 5.11 Å². The lowest BCUT2D eigenvalue weighted by Gasteiger charge is -2.19. The Morgan fingerprint density at radius 3 is 2.71 bits per heavy atom. The average Bonchev–Trinajstić information content (AvgIpc) is 2.59. The van der Waals surface area contributed by atoms with E-state index in [9.17, 15) is 4.79 Å². The molecule has 0 unspecified atom stereocenters. The minimum Gasteiger partial charge on any atom is -0.478 e. The number of hydrogen-bond acceptors (Lipinski definition) is 2. The lowest BCUT2D eigenvalue weighted by molar-refractivity contribution is 0.0699. The van der Waals surface area contributed by atoms with Gasteiger partial charge in [0.25, 0.3) is 0 Å². The van der Waals surface area contributed by atoms with Crippen LogP contribution in [0, 0.1) is 5.41 Å². The van der Waals surface area contributed by atoms with Crippen LogP contribution in [0.1, 0.15) is 31.1 Å². The van der Waals surface area contributed by atoms with E-state index >= 15 is 0 Å². The second kappa shape index (κ2) is 3.87.